The molecule has 4 aromatic heterocycles. The molecule has 0 aliphatic rings. The first-order valence-electron chi connectivity index (χ1n) is 9.21. The number of nitrogens with zero attached hydrogens (tertiary/aromatic N) is 4. The van der Waals surface area contributed by atoms with Crippen molar-refractivity contribution in [3.05, 3.63) is 72.4 Å². The maximum atomic E-state index is 9.12. The Hall–Kier alpha value is -4.18. The molecule has 0 aliphatic carbocycles. The van der Waals surface area contributed by atoms with E-state index in [-0.39, 0.29) is 0 Å². The van der Waals surface area contributed by atoms with Gasteiger partial charge in [-0.2, -0.15) is 10.2 Å². The smallest absolute Gasteiger partial charge is 0.231 e. The maximum Gasteiger partial charge on any atom is 0.231 e. The quantitative estimate of drug-likeness (QED) is 0.471. The average molecular weight is 380 g/mol. The van der Waals surface area contributed by atoms with Crippen LogP contribution in [0.4, 0.5) is 5.82 Å². The van der Waals surface area contributed by atoms with E-state index >= 15 is 0 Å². The number of anilines is 1. The van der Waals surface area contributed by atoms with Crippen LogP contribution in [0, 0.1) is 11.3 Å². The van der Waals surface area contributed by atoms with Crippen LogP contribution < -0.4 is 5.32 Å². The molecule has 0 saturated heterocycles. The topological polar surface area (TPSA) is 103 Å². The van der Waals surface area contributed by atoms with E-state index in [4.69, 9.17) is 9.68 Å². The number of nitrogens with one attached hydrogen (secondary N) is 2. The van der Waals surface area contributed by atoms with Gasteiger partial charge in [0.05, 0.1) is 17.2 Å². The molecule has 2 N–H and O–H groups in total. The summed E-state index contributed by atoms with van der Waals surface area (Å²) in [5.74, 6) is 1.16. The second-order valence-corrected chi connectivity index (χ2v) is 6.65. The number of para-hydroxylation sites is 1. The number of hydrogen-bond donors (Lipinski definition) is 2. The van der Waals surface area contributed by atoms with Crippen molar-refractivity contribution in [3.8, 4) is 17.5 Å². The van der Waals surface area contributed by atoms with E-state index in [2.05, 4.69) is 43.5 Å². The molecule has 0 saturated carbocycles. The van der Waals surface area contributed by atoms with Crippen molar-refractivity contribution in [2.45, 2.75) is 6.42 Å². The molecule has 0 atom stereocenters. The van der Waals surface area contributed by atoms with E-state index in [9.17, 15) is 0 Å². The van der Waals surface area contributed by atoms with Crippen LogP contribution in [0.5, 0.6) is 0 Å². The van der Waals surface area contributed by atoms with Crippen LogP contribution in [-0.4, -0.2) is 26.5 Å². The molecule has 5 aromatic rings. The third kappa shape index (κ3) is 3.17. The fraction of sp³-hybridized carbons (Fsp3) is 0.0909. The molecular weight excluding hydrogens is 364 g/mol. The largest absolute Gasteiger partial charge is 0.446 e. The summed E-state index contributed by atoms with van der Waals surface area (Å²) in [5, 5.41) is 14.6. The normalized spacial score (nSPS) is 11.0. The van der Waals surface area contributed by atoms with E-state index in [0.29, 0.717) is 35.0 Å². The summed E-state index contributed by atoms with van der Waals surface area (Å²) in [4.78, 5) is 16.5. The number of hydrogen-bond acceptors (Lipinski definition) is 6. The predicted molar refractivity (Wildman–Crippen MR) is 110 cm³/mol. The Balaban J connectivity index is 1.43. The number of benzene rings is 1. The van der Waals surface area contributed by atoms with Gasteiger partial charge in [-0.15, -0.1) is 0 Å². The van der Waals surface area contributed by atoms with Crippen LogP contribution in [0.25, 0.3) is 33.4 Å². The van der Waals surface area contributed by atoms with Gasteiger partial charge in [0.1, 0.15) is 11.9 Å². The predicted octanol–water partition coefficient (Wildman–Crippen LogP) is 4.29. The molecule has 29 heavy (non-hydrogen) atoms. The molecule has 7 nitrogen and oxygen atoms in total. The Labute approximate surface area is 166 Å². The number of furan rings is 1. The SMILES string of the molecule is N#Cc1cncc(-c2nc(NCCc3c[nH]c4ccccc34)c3ccoc3n2)c1. The van der Waals surface area contributed by atoms with Crippen LogP contribution in [0.1, 0.15) is 11.1 Å². The van der Waals surface area contributed by atoms with Gasteiger partial charge in [-0.25, -0.2) is 4.98 Å². The second-order valence-electron chi connectivity index (χ2n) is 6.65. The summed E-state index contributed by atoms with van der Waals surface area (Å²) in [6.45, 7) is 0.703. The van der Waals surface area contributed by atoms with E-state index < -0.39 is 0 Å². The van der Waals surface area contributed by atoms with Gasteiger partial charge < -0.3 is 14.7 Å². The average Bonchev–Trinajstić information content (AvgIpc) is 3.41. The highest BCUT2D eigenvalue weighted by Crippen LogP contribution is 2.26. The van der Waals surface area contributed by atoms with Crippen LogP contribution in [0.15, 0.2) is 65.7 Å². The van der Waals surface area contributed by atoms with Crippen molar-refractivity contribution in [1.82, 2.24) is 19.9 Å². The maximum absolute atomic E-state index is 9.12. The standard InChI is InChI=1S/C22H16N6O/c23-10-14-9-16(12-24-11-14)20-27-21(18-6-8-29-22(18)28-20)25-7-5-15-13-26-19-4-2-1-3-17(15)19/h1-4,6,8-9,11-13,26H,5,7H2,(H,25,27,28). The molecule has 5 rings (SSSR count). The van der Waals surface area contributed by atoms with Crippen molar-refractivity contribution in [3.63, 3.8) is 0 Å². The first-order chi connectivity index (χ1) is 14.3. The monoisotopic (exact) mass is 380 g/mol. The number of nitriles is 1. The zero-order valence-corrected chi connectivity index (χ0v) is 15.4. The molecule has 0 unspecified atom stereocenters. The summed E-state index contributed by atoms with van der Waals surface area (Å²) in [5.41, 5.74) is 4.00. The van der Waals surface area contributed by atoms with Crippen LogP contribution in [0.3, 0.4) is 0 Å². The summed E-state index contributed by atoms with van der Waals surface area (Å²) in [7, 11) is 0. The fourth-order valence-electron chi connectivity index (χ4n) is 3.40. The highest BCUT2D eigenvalue weighted by atomic mass is 16.3. The molecule has 0 aliphatic heterocycles. The first-order valence-corrected chi connectivity index (χ1v) is 9.21. The fourth-order valence-corrected chi connectivity index (χ4v) is 3.40. The Morgan fingerprint density at radius 3 is 2.97 bits per heavy atom. The lowest BCUT2D eigenvalue weighted by Crippen LogP contribution is -2.07. The van der Waals surface area contributed by atoms with Gasteiger partial charge in [0.25, 0.3) is 0 Å². The first kappa shape index (κ1) is 17.0. The number of aromatic amines is 1. The minimum Gasteiger partial charge on any atom is -0.446 e. The summed E-state index contributed by atoms with van der Waals surface area (Å²) < 4.78 is 5.51. The summed E-state index contributed by atoms with van der Waals surface area (Å²) in [6.07, 6.45) is 7.63. The number of H-pyrrole nitrogens is 1. The second kappa shape index (κ2) is 7.09. The summed E-state index contributed by atoms with van der Waals surface area (Å²) >= 11 is 0. The molecular formula is C22H16N6O. The minimum atomic E-state index is 0.458. The Morgan fingerprint density at radius 1 is 1.10 bits per heavy atom. The third-order valence-electron chi connectivity index (χ3n) is 4.81. The van der Waals surface area contributed by atoms with E-state index in [1.165, 1.54) is 17.1 Å². The molecule has 7 heteroatoms. The van der Waals surface area contributed by atoms with Gasteiger partial charge in [0, 0.05) is 41.6 Å². The zero-order valence-electron chi connectivity index (χ0n) is 15.4. The molecule has 0 amide bonds. The molecule has 0 spiro atoms. The number of pyridine rings is 1. The van der Waals surface area contributed by atoms with Crippen LogP contribution >= 0.6 is 0 Å². The third-order valence-corrected chi connectivity index (χ3v) is 4.81. The van der Waals surface area contributed by atoms with Crippen molar-refractivity contribution >= 4 is 27.8 Å². The Kier molecular flexibility index (Phi) is 4.15. The van der Waals surface area contributed by atoms with E-state index in [1.54, 1.807) is 18.5 Å². The lowest BCUT2D eigenvalue weighted by atomic mass is 10.1. The Morgan fingerprint density at radius 2 is 2.03 bits per heavy atom. The lowest BCUT2D eigenvalue weighted by molar-refractivity contribution is 0.603. The van der Waals surface area contributed by atoms with Crippen molar-refractivity contribution in [1.29, 1.82) is 5.26 Å². The van der Waals surface area contributed by atoms with Crippen molar-refractivity contribution in [2.75, 3.05) is 11.9 Å². The van der Waals surface area contributed by atoms with Gasteiger partial charge in [-0.05, 0) is 30.2 Å². The van der Waals surface area contributed by atoms with Crippen molar-refractivity contribution < 1.29 is 4.42 Å². The number of fused-ring (bicyclic) bond motifs is 2. The number of aromatic nitrogens is 4. The van der Waals surface area contributed by atoms with Gasteiger partial charge in [0.2, 0.25) is 5.71 Å². The van der Waals surface area contributed by atoms with E-state index in [0.717, 1.165) is 17.3 Å². The zero-order chi connectivity index (χ0) is 19.6. The molecule has 0 radical (unpaired) electrons. The molecule has 1 aromatic carbocycles. The summed E-state index contributed by atoms with van der Waals surface area (Å²) in [6, 6.07) is 13.9. The van der Waals surface area contributed by atoms with E-state index in [1.807, 2.05) is 24.4 Å². The highest BCUT2D eigenvalue weighted by molar-refractivity contribution is 5.87. The molecule has 0 fully saturated rings. The molecule has 0 bridgehead atoms. The molecule has 4 heterocycles. The van der Waals surface area contributed by atoms with Gasteiger partial charge >= 0.3 is 0 Å². The van der Waals surface area contributed by atoms with Gasteiger partial charge in [-0.3, -0.25) is 4.98 Å². The minimum absolute atomic E-state index is 0.458. The highest BCUT2D eigenvalue weighted by Gasteiger charge is 2.13. The lowest BCUT2D eigenvalue weighted by Gasteiger charge is -2.08. The Bertz CT molecular complexity index is 1360. The molecule has 140 valence electrons. The van der Waals surface area contributed by atoms with Crippen LogP contribution in [0.2, 0.25) is 0 Å². The van der Waals surface area contributed by atoms with Gasteiger partial charge in [-0.1, -0.05) is 18.2 Å². The number of rotatable bonds is 5. The van der Waals surface area contributed by atoms with Gasteiger partial charge in [0.15, 0.2) is 5.82 Å². The van der Waals surface area contributed by atoms with Crippen molar-refractivity contribution in [2.24, 2.45) is 0 Å². The van der Waals surface area contributed by atoms with Crippen LogP contribution in [-0.2, 0) is 6.42 Å².